The van der Waals surface area contributed by atoms with Gasteiger partial charge >= 0.3 is 0 Å². The predicted molar refractivity (Wildman–Crippen MR) is 103 cm³/mol. The Morgan fingerprint density at radius 2 is 1.89 bits per heavy atom. The van der Waals surface area contributed by atoms with Gasteiger partial charge in [-0.2, -0.15) is 0 Å². The molecule has 0 unspecified atom stereocenters. The zero-order valence-corrected chi connectivity index (χ0v) is 16.2. The molecule has 0 aliphatic carbocycles. The van der Waals surface area contributed by atoms with Crippen LogP contribution in [0.15, 0.2) is 18.5 Å². The number of nitrogens with zero attached hydrogens (tertiary/aromatic N) is 5. The lowest BCUT2D eigenvalue weighted by Gasteiger charge is -2.19. The van der Waals surface area contributed by atoms with E-state index < -0.39 is 5.82 Å². The van der Waals surface area contributed by atoms with Gasteiger partial charge in [-0.05, 0) is 31.9 Å². The predicted octanol–water partition coefficient (Wildman–Crippen LogP) is 2.14. The highest BCUT2D eigenvalue weighted by Crippen LogP contribution is 2.24. The molecule has 7 nitrogen and oxygen atoms in total. The van der Waals surface area contributed by atoms with Crippen molar-refractivity contribution in [3.8, 4) is 0 Å². The number of carbonyl (C=O) groups is 1. The fraction of sp³-hybridized carbons (Fsp3) is 0.474. The van der Waals surface area contributed by atoms with E-state index in [4.69, 9.17) is 4.98 Å². The molecule has 1 aliphatic rings. The van der Waals surface area contributed by atoms with E-state index in [0.29, 0.717) is 36.8 Å². The Hall–Kier alpha value is -2.77. The number of nitrogens with one attached hydrogen (secondary N) is 1. The second-order valence-electron chi connectivity index (χ2n) is 7.18. The minimum absolute atomic E-state index is 0.0728. The fourth-order valence-corrected chi connectivity index (χ4v) is 3.09. The Morgan fingerprint density at radius 3 is 2.52 bits per heavy atom. The number of hydrogen-bond donors (Lipinski definition) is 1. The second kappa shape index (κ2) is 7.85. The van der Waals surface area contributed by atoms with Gasteiger partial charge in [0, 0.05) is 45.3 Å². The van der Waals surface area contributed by atoms with Crippen molar-refractivity contribution < 1.29 is 9.18 Å². The standard InChI is InChI=1S/C19H25FN6O/c1-12(2)23-17-15(18(27)25(3)4)9-13-5-7-26(8-6-16(13)24-17)19-21-10-14(20)11-22-19/h9-12H,5-8H2,1-4H3,(H,23,24). The number of hydrogen-bond acceptors (Lipinski definition) is 6. The first-order chi connectivity index (χ1) is 12.8. The summed E-state index contributed by atoms with van der Waals surface area (Å²) in [6, 6.07) is 2.11. The number of rotatable bonds is 4. The Bertz CT molecular complexity index is 822. The molecule has 144 valence electrons. The molecule has 1 aliphatic heterocycles. The van der Waals surface area contributed by atoms with E-state index in [1.54, 1.807) is 19.0 Å². The third-order valence-corrected chi connectivity index (χ3v) is 4.41. The van der Waals surface area contributed by atoms with Crippen LogP contribution in [0, 0.1) is 5.82 Å². The van der Waals surface area contributed by atoms with Crippen molar-refractivity contribution in [2.45, 2.75) is 32.7 Å². The van der Waals surface area contributed by atoms with E-state index in [1.807, 2.05) is 24.8 Å². The number of pyridine rings is 1. The van der Waals surface area contributed by atoms with Crippen LogP contribution in [0.4, 0.5) is 16.2 Å². The average Bonchev–Trinajstić information content (AvgIpc) is 2.83. The van der Waals surface area contributed by atoms with Crippen LogP contribution in [0.2, 0.25) is 0 Å². The molecule has 2 aromatic heterocycles. The summed E-state index contributed by atoms with van der Waals surface area (Å²) in [4.78, 5) is 29.1. The second-order valence-corrected chi connectivity index (χ2v) is 7.18. The maximum absolute atomic E-state index is 13.1. The Labute approximate surface area is 158 Å². The molecule has 0 fully saturated rings. The summed E-state index contributed by atoms with van der Waals surface area (Å²) in [6.07, 6.45) is 3.78. The van der Waals surface area contributed by atoms with Crippen molar-refractivity contribution in [3.63, 3.8) is 0 Å². The Balaban J connectivity index is 1.90. The van der Waals surface area contributed by atoms with Crippen LogP contribution < -0.4 is 10.2 Å². The molecule has 0 radical (unpaired) electrons. The molecule has 1 N–H and O–H groups in total. The molecule has 27 heavy (non-hydrogen) atoms. The number of carbonyl (C=O) groups excluding carboxylic acids is 1. The number of aromatic nitrogens is 3. The molecule has 2 aromatic rings. The maximum atomic E-state index is 13.1. The summed E-state index contributed by atoms with van der Waals surface area (Å²) in [6.45, 7) is 5.41. The highest BCUT2D eigenvalue weighted by atomic mass is 19.1. The molecular weight excluding hydrogens is 347 g/mol. The van der Waals surface area contributed by atoms with Gasteiger partial charge in [0.15, 0.2) is 5.82 Å². The summed E-state index contributed by atoms with van der Waals surface area (Å²) in [5, 5.41) is 3.29. The molecule has 0 bridgehead atoms. The third-order valence-electron chi connectivity index (χ3n) is 4.41. The van der Waals surface area contributed by atoms with Crippen molar-refractivity contribution in [1.29, 1.82) is 0 Å². The first-order valence-corrected chi connectivity index (χ1v) is 9.08. The molecule has 0 spiro atoms. The topological polar surface area (TPSA) is 74.2 Å². The zero-order valence-electron chi connectivity index (χ0n) is 16.2. The highest BCUT2D eigenvalue weighted by Gasteiger charge is 2.23. The summed E-state index contributed by atoms with van der Waals surface area (Å²) in [7, 11) is 3.47. The van der Waals surface area contributed by atoms with Crippen LogP contribution in [0.1, 0.15) is 35.5 Å². The van der Waals surface area contributed by atoms with Gasteiger partial charge in [0.2, 0.25) is 5.95 Å². The van der Waals surface area contributed by atoms with Gasteiger partial charge in [0.1, 0.15) is 5.82 Å². The zero-order chi connectivity index (χ0) is 19.6. The van der Waals surface area contributed by atoms with Crippen LogP contribution in [0.5, 0.6) is 0 Å². The van der Waals surface area contributed by atoms with E-state index in [9.17, 15) is 9.18 Å². The fourth-order valence-electron chi connectivity index (χ4n) is 3.09. The quantitative estimate of drug-likeness (QED) is 0.886. The van der Waals surface area contributed by atoms with Crippen molar-refractivity contribution in [2.75, 3.05) is 37.4 Å². The summed E-state index contributed by atoms with van der Waals surface area (Å²) >= 11 is 0. The summed E-state index contributed by atoms with van der Waals surface area (Å²) in [5.74, 6) is 0.606. The van der Waals surface area contributed by atoms with Gasteiger partial charge in [-0.1, -0.05) is 0 Å². The number of fused-ring (bicyclic) bond motifs is 1. The largest absolute Gasteiger partial charge is 0.367 e. The molecule has 0 saturated carbocycles. The lowest BCUT2D eigenvalue weighted by molar-refractivity contribution is 0.0828. The van der Waals surface area contributed by atoms with Crippen LogP contribution in [-0.2, 0) is 12.8 Å². The monoisotopic (exact) mass is 372 g/mol. The lowest BCUT2D eigenvalue weighted by atomic mass is 10.0. The summed E-state index contributed by atoms with van der Waals surface area (Å²) in [5.41, 5.74) is 2.61. The minimum atomic E-state index is -0.449. The normalized spacial score (nSPS) is 13.9. The van der Waals surface area contributed by atoms with Crippen LogP contribution in [-0.4, -0.2) is 59.0 Å². The van der Waals surface area contributed by atoms with E-state index in [-0.39, 0.29) is 11.9 Å². The van der Waals surface area contributed by atoms with Gasteiger partial charge < -0.3 is 15.1 Å². The molecule has 8 heteroatoms. The summed E-state index contributed by atoms with van der Waals surface area (Å²) < 4.78 is 13.1. The number of amides is 1. The van der Waals surface area contributed by atoms with Gasteiger partial charge in [0.05, 0.1) is 18.0 Å². The van der Waals surface area contributed by atoms with Crippen LogP contribution >= 0.6 is 0 Å². The SMILES string of the molecule is CC(C)Nc1nc2c(cc1C(=O)N(C)C)CCN(c1ncc(F)cn1)CC2. The lowest BCUT2D eigenvalue weighted by Crippen LogP contribution is -2.27. The van der Waals surface area contributed by atoms with Gasteiger partial charge in [-0.3, -0.25) is 4.79 Å². The minimum Gasteiger partial charge on any atom is -0.367 e. The first kappa shape index (κ1) is 19.0. The van der Waals surface area contributed by atoms with E-state index >= 15 is 0 Å². The van der Waals surface area contributed by atoms with Gasteiger partial charge in [-0.25, -0.2) is 19.3 Å². The Morgan fingerprint density at radius 1 is 1.22 bits per heavy atom. The molecule has 3 rings (SSSR count). The van der Waals surface area contributed by atoms with Gasteiger partial charge in [0.25, 0.3) is 5.91 Å². The highest BCUT2D eigenvalue weighted by molar-refractivity contribution is 5.98. The molecule has 1 amide bonds. The molecule has 0 saturated heterocycles. The molecule has 0 atom stereocenters. The molecule has 0 aromatic carbocycles. The van der Waals surface area contributed by atoms with Gasteiger partial charge in [-0.15, -0.1) is 0 Å². The van der Waals surface area contributed by atoms with Crippen LogP contribution in [0.25, 0.3) is 0 Å². The molecule has 3 heterocycles. The smallest absolute Gasteiger partial charge is 0.257 e. The number of anilines is 2. The van der Waals surface area contributed by atoms with Crippen molar-refractivity contribution in [1.82, 2.24) is 19.9 Å². The first-order valence-electron chi connectivity index (χ1n) is 9.08. The van der Waals surface area contributed by atoms with Crippen molar-refractivity contribution >= 4 is 17.7 Å². The van der Waals surface area contributed by atoms with Crippen molar-refractivity contribution in [2.24, 2.45) is 0 Å². The van der Waals surface area contributed by atoms with Crippen molar-refractivity contribution in [3.05, 3.63) is 41.1 Å². The maximum Gasteiger partial charge on any atom is 0.257 e. The average molecular weight is 372 g/mol. The van der Waals surface area contributed by atoms with E-state index in [2.05, 4.69) is 15.3 Å². The molecular formula is C19H25FN6O. The third kappa shape index (κ3) is 4.32. The Kier molecular flexibility index (Phi) is 5.53. The van der Waals surface area contributed by atoms with Crippen LogP contribution in [0.3, 0.4) is 0 Å². The number of halogens is 1. The van der Waals surface area contributed by atoms with E-state index in [1.165, 1.54) is 12.4 Å². The van der Waals surface area contributed by atoms with E-state index in [0.717, 1.165) is 17.7 Å².